The van der Waals surface area contributed by atoms with E-state index in [4.69, 9.17) is 9.39 Å². The van der Waals surface area contributed by atoms with Gasteiger partial charge in [-0.25, -0.2) is 15.1 Å². The van der Waals surface area contributed by atoms with Crippen LogP contribution in [0, 0.1) is 0 Å². The van der Waals surface area contributed by atoms with Crippen molar-refractivity contribution in [2.24, 2.45) is 0 Å². The second kappa shape index (κ2) is 9.54. The standard InChI is InChI=1S/C17H30N4O9S/c1-5-11(20(16(24)25)17(2,3)4)8-9-29-18-14(22)13-7-6-12-10-19(13)15(23)21(12)30-31(26,27)28/h11-13H,5-10H2,1-4H3,(H,18,22)(H,24,25)(H,26,27,28)/t11?,12-,13+/m1/s1. The fourth-order valence-electron chi connectivity index (χ4n) is 4.00. The molecule has 4 amide bonds. The molecule has 0 aliphatic carbocycles. The third kappa shape index (κ3) is 6.18. The first-order chi connectivity index (χ1) is 14.3. The number of hydrogen-bond acceptors (Lipinski definition) is 7. The molecular weight excluding hydrogens is 436 g/mol. The Kier molecular flexibility index (Phi) is 7.73. The molecule has 3 N–H and O–H groups in total. The maximum Gasteiger partial charge on any atom is 0.418 e. The molecule has 2 aliphatic rings. The average Bonchev–Trinajstić information content (AvgIpc) is 2.86. The molecule has 31 heavy (non-hydrogen) atoms. The summed E-state index contributed by atoms with van der Waals surface area (Å²) >= 11 is 0. The van der Waals surface area contributed by atoms with Gasteiger partial charge in [0, 0.05) is 18.1 Å². The van der Waals surface area contributed by atoms with Crippen LogP contribution in [0.5, 0.6) is 0 Å². The summed E-state index contributed by atoms with van der Waals surface area (Å²) in [6, 6.07) is -2.63. The van der Waals surface area contributed by atoms with Gasteiger partial charge in [0.2, 0.25) is 0 Å². The number of carbonyl (C=O) groups is 3. The molecule has 2 heterocycles. The van der Waals surface area contributed by atoms with Crippen molar-refractivity contribution in [3.8, 4) is 0 Å². The van der Waals surface area contributed by atoms with Crippen LogP contribution >= 0.6 is 0 Å². The molecule has 13 nitrogen and oxygen atoms in total. The van der Waals surface area contributed by atoms with Crippen LogP contribution in [0.25, 0.3) is 0 Å². The summed E-state index contributed by atoms with van der Waals surface area (Å²) in [5, 5.41) is 10.1. The topological polar surface area (TPSA) is 166 Å². The van der Waals surface area contributed by atoms with Gasteiger partial charge in [-0.05, 0) is 46.5 Å². The summed E-state index contributed by atoms with van der Waals surface area (Å²) in [5.41, 5.74) is 1.68. The van der Waals surface area contributed by atoms with E-state index in [1.54, 1.807) is 20.8 Å². The van der Waals surface area contributed by atoms with E-state index >= 15 is 0 Å². The lowest BCUT2D eigenvalue weighted by Gasteiger charge is -2.39. The fourth-order valence-corrected chi connectivity index (χ4v) is 4.38. The summed E-state index contributed by atoms with van der Waals surface area (Å²) in [6.07, 6.45) is 0.435. The molecule has 3 atom stereocenters. The molecule has 14 heteroatoms. The van der Waals surface area contributed by atoms with E-state index < -0.39 is 46.1 Å². The number of urea groups is 1. The van der Waals surface area contributed by atoms with Crippen molar-refractivity contribution in [1.29, 1.82) is 0 Å². The predicted molar refractivity (Wildman–Crippen MR) is 106 cm³/mol. The van der Waals surface area contributed by atoms with Crippen molar-refractivity contribution < 1.29 is 41.6 Å². The molecule has 2 saturated heterocycles. The molecule has 2 rings (SSSR count). The van der Waals surface area contributed by atoms with Gasteiger partial charge in [-0.3, -0.25) is 14.2 Å². The van der Waals surface area contributed by atoms with Crippen LogP contribution < -0.4 is 5.48 Å². The van der Waals surface area contributed by atoms with E-state index in [-0.39, 0.29) is 25.6 Å². The Balaban J connectivity index is 1.88. The van der Waals surface area contributed by atoms with E-state index in [0.29, 0.717) is 24.3 Å². The minimum absolute atomic E-state index is 0.0609. The Morgan fingerprint density at radius 2 is 1.97 bits per heavy atom. The smallest absolute Gasteiger partial charge is 0.418 e. The minimum Gasteiger partial charge on any atom is -0.465 e. The van der Waals surface area contributed by atoms with Gasteiger partial charge in [-0.1, -0.05) is 6.92 Å². The molecule has 0 aromatic rings. The molecular formula is C17H30N4O9S. The van der Waals surface area contributed by atoms with Crippen molar-refractivity contribution in [1.82, 2.24) is 20.3 Å². The number of amides is 4. The monoisotopic (exact) mass is 466 g/mol. The molecule has 0 aromatic heterocycles. The zero-order valence-corrected chi connectivity index (χ0v) is 18.8. The third-order valence-corrected chi connectivity index (χ3v) is 5.64. The van der Waals surface area contributed by atoms with Gasteiger partial charge in [-0.2, -0.15) is 13.5 Å². The molecule has 2 fully saturated rings. The zero-order valence-electron chi connectivity index (χ0n) is 18.0. The van der Waals surface area contributed by atoms with Gasteiger partial charge in [0.25, 0.3) is 5.91 Å². The van der Waals surface area contributed by atoms with Gasteiger partial charge in [0.15, 0.2) is 0 Å². The molecule has 178 valence electrons. The third-order valence-electron chi connectivity index (χ3n) is 5.29. The number of nitrogens with one attached hydrogen (secondary N) is 1. The van der Waals surface area contributed by atoms with Crippen LogP contribution in [-0.4, -0.2) is 87.8 Å². The van der Waals surface area contributed by atoms with E-state index in [2.05, 4.69) is 9.76 Å². The van der Waals surface area contributed by atoms with Crippen LogP contribution in [0.3, 0.4) is 0 Å². The number of nitrogens with zero attached hydrogens (tertiary/aromatic N) is 3. The Labute approximate surface area is 181 Å². The molecule has 1 unspecified atom stereocenters. The van der Waals surface area contributed by atoms with E-state index in [1.807, 2.05) is 6.92 Å². The van der Waals surface area contributed by atoms with Gasteiger partial charge >= 0.3 is 22.5 Å². The quantitative estimate of drug-likeness (QED) is 0.255. The molecule has 0 radical (unpaired) electrons. The summed E-state index contributed by atoms with van der Waals surface area (Å²) in [4.78, 5) is 44.2. The maximum atomic E-state index is 12.5. The second-order valence-electron chi connectivity index (χ2n) is 8.50. The highest BCUT2D eigenvalue weighted by Crippen LogP contribution is 2.30. The van der Waals surface area contributed by atoms with Crippen LogP contribution in [0.4, 0.5) is 9.59 Å². The minimum atomic E-state index is -4.86. The first kappa shape index (κ1) is 25.1. The molecule has 0 spiro atoms. The molecule has 2 aliphatic heterocycles. The zero-order chi connectivity index (χ0) is 23.6. The number of rotatable bonds is 9. The number of fused-ring (bicyclic) bond motifs is 2. The van der Waals surface area contributed by atoms with Crippen LogP contribution in [0.1, 0.15) is 53.4 Å². The van der Waals surface area contributed by atoms with Crippen molar-refractivity contribution in [2.45, 2.75) is 77.0 Å². The van der Waals surface area contributed by atoms with Gasteiger partial charge in [-0.15, -0.1) is 4.28 Å². The summed E-state index contributed by atoms with van der Waals surface area (Å²) in [5.74, 6) is -0.584. The van der Waals surface area contributed by atoms with Crippen molar-refractivity contribution in [3.63, 3.8) is 0 Å². The number of carboxylic acid groups (broad SMARTS) is 1. The Morgan fingerprint density at radius 1 is 1.32 bits per heavy atom. The van der Waals surface area contributed by atoms with Gasteiger partial charge in [0.05, 0.1) is 12.6 Å². The largest absolute Gasteiger partial charge is 0.465 e. The van der Waals surface area contributed by atoms with Crippen molar-refractivity contribution in [3.05, 3.63) is 0 Å². The first-order valence-corrected chi connectivity index (χ1v) is 11.3. The van der Waals surface area contributed by atoms with Crippen molar-refractivity contribution >= 4 is 28.4 Å². The number of hydroxylamine groups is 3. The highest BCUT2D eigenvalue weighted by molar-refractivity contribution is 7.80. The van der Waals surface area contributed by atoms with Gasteiger partial charge < -0.3 is 14.9 Å². The molecule has 2 bridgehead atoms. The van der Waals surface area contributed by atoms with E-state index in [9.17, 15) is 27.9 Å². The normalized spacial score (nSPS) is 22.4. The first-order valence-electron chi connectivity index (χ1n) is 9.97. The maximum absolute atomic E-state index is 12.5. The second-order valence-corrected chi connectivity index (χ2v) is 9.50. The highest BCUT2D eigenvalue weighted by atomic mass is 32.3. The fraction of sp³-hybridized carbons (Fsp3) is 0.824. The highest BCUT2D eigenvalue weighted by Gasteiger charge is 2.49. The lowest BCUT2D eigenvalue weighted by Crippen LogP contribution is -2.52. The number of carbonyl (C=O) groups excluding carboxylic acids is 2. The predicted octanol–water partition coefficient (Wildman–Crippen LogP) is 0.984. The molecule has 0 saturated carbocycles. The Morgan fingerprint density at radius 3 is 2.48 bits per heavy atom. The SMILES string of the molecule is CCC(CCONC(=O)[C@@H]1CC[C@@H]2CN1C(=O)N2OS(=O)(=O)O)N(C(=O)O)C(C)(C)C. The van der Waals surface area contributed by atoms with Crippen LogP contribution in [0.2, 0.25) is 0 Å². The number of hydrogen-bond donors (Lipinski definition) is 3. The van der Waals surface area contributed by atoms with Crippen LogP contribution in [-0.2, 0) is 24.3 Å². The Hall–Kier alpha value is -2.16. The molecule has 0 aromatic carbocycles. The van der Waals surface area contributed by atoms with E-state index in [0.717, 1.165) is 4.90 Å². The van der Waals surface area contributed by atoms with E-state index in [1.165, 1.54) is 4.90 Å². The summed E-state index contributed by atoms with van der Waals surface area (Å²) in [6.45, 7) is 7.39. The summed E-state index contributed by atoms with van der Waals surface area (Å²) < 4.78 is 35.0. The Bertz CT molecular complexity index is 798. The average molecular weight is 467 g/mol. The van der Waals surface area contributed by atoms with Crippen molar-refractivity contribution in [2.75, 3.05) is 13.2 Å². The number of piperidine rings is 1. The summed E-state index contributed by atoms with van der Waals surface area (Å²) in [7, 11) is -4.86. The lowest BCUT2D eigenvalue weighted by atomic mass is 10.0. The van der Waals surface area contributed by atoms with Gasteiger partial charge in [0.1, 0.15) is 6.04 Å². The van der Waals surface area contributed by atoms with Crippen LogP contribution in [0.15, 0.2) is 0 Å². The lowest BCUT2D eigenvalue weighted by molar-refractivity contribution is -0.139.